The summed E-state index contributed by atoms with van der Waals surface area (Å²) in [5.74, 6) is 0.660. The van der Waals surface area contributed by atoms with Gasteiger partial charge >= 0.3 is 5.97 Å². The van der Waals surface area contributed by atoms with E-state index >= 15 is 0 Å². The van der Waals surface area contributed by atoms with E-state index in [9.17, 15) is 4.79 Å². The lowest BCUT2D eigenvalue weighted by Gasteiger charge is -2.37. The molecule has 0 bridgehead atoms. The first-order valence-corrected chi connectivity index (χ1v) is 7.27. The van der Waals surface area contributed by atoms with Crippen molar-refractivity contribution in [1.82, 2.24) is 5.32 Å². The molecule has 0 saturated carbocycles. The fourth-order valence-electron chi connectivity index (χ4n) is 3.02. The normalized spacial score (nSPS) is 21.1. The van der Waals surface area contributed by atoms with Gasteiger partial charge in [-0.3, -0.25) is 5.32 Å². The topological polar surface area (TPSA) is 47.6 Å². The molecule has 2 rings (SSSR count). The van der Waals surface area contributed by atoms with Crippen LogP contribution < -0.4 is 10.1 Å². The van der Waals surface area contributed by atoms with E-state index in [4.69, 9.17) is 9.47 Å². The molecule has 0 aliphatic heterocycles. The molecule has 1 unspecified atom stereocenters. The molecule has 1 aromatic carbocycles. The summed E-state index contributed by atoms with van der Waals surface area (Å²) in [6, 6.07) is 5.93. The van der Waals surface area contributed by atoms with Gasteiger partial charge in [0.2, 0.25) is 0 Å². The van der Waals surface area contributed by atoms with Crippen LogP contribution in [0.4, 0.5) is 0 Å². The van der Waals surface area contributed by atoms with Crippen LogP contribution in [0.1, 0.15) is 37.8 Å². The van der Waals surface area contributed by atoms with E-state index in [2.05, 4.69) is 5.32 Å². The molecular formula is C16H23NO3. The van der Waals surface area contributed by atoms with Crippen molar-refractivity contribution in [1.29, 1.82) is 0 Å². The Morgan fingerprint density at radius 2 is 2.20 bits per heavy atom. The van der Waals surface area contributed by atoms with Crippen molar-refractivity contribution < 1.29 is 14.3 Å². The molecule has 1 aromatic rings. The molecule has 1 aliphatic carbocycles. The highest BCUT2D eigenvalue weighted by Crippen LogP contribution is 2.38. The molecule has 0 radical (unpaired) electrons. The molecule has 110 valence electrons. The van der Waals surface area contributed by atoms with Crippen LogP contribution >= 0.6 is 0 Å². The molecule has 20 heavy (non-hydrogen) atoms. The summed E-state index contributed by atoms with van der Waals surface area (Å²) >= 11 is 0. The van der Waals surface area contributed by atoms with Crippen LogP contribution in [-0.4, -0.2) is 26.2 Å². The van der Waals surface area contributed by atoms with Crippen LogP contribution in [-0.2, 0) is 21.5 Å². The first-order chi connectivity index (χ1) is 9.67. The molecule has 0 fully saturated rings. The lowest BCUT2D eigenvalue weighted by molar-refractivity contribution is -0.152. The van der Waals surface area contributed by atoms with Gasteiger partial charge in [0.05, 0.1) is 13.7 Å². The van der Waals surface area contributed by atoms with Crippen LogP contribution in [0.3, 0.4) is 0 Å². The average molecular weight is 277 g/mol. The van der Waals surface area contributed by atoms with Gasteiger partial charge in [-0.25, -0.2) is 4.79 Å². The zero-order valence-corrected chi connectivity index (χ0v) is 12.5. The second kappa shape index (κ2) is 6.27. The van der Waals surface area contributed by atoms with Crippen molar-refractivity contribution in [2.75, 3.05) is 20.3 Å². The lowest BCUT2D eigenvalue weighted by atomic mass is 9.76. The van der Waals surface area contributed by atoms with E-state index in [1.165, 1.54) is 5.56 Å². The number of likely N-dealkylation sites (N-methyl/N-ethyl adjacent to an activating group) is 1. The Morgan fingerprint density at radius 3 is 2.85 bits per heavy atom. The monoisotopic (exact) mass is 277 g/mol. The SMILES string of the molecule is CCNC1(C(=O)OCC)CCCc2cc(OC)ccc21. The van der Waals surface area contributed by atoms with Crippen molar-refractivity contribution in [3.8, 4) is 5.75 Å². The second-order valence-electron chi connectivity index (χ2n) is 5.03. The van der Waals surface area contributed by atoms with Gasteiger partial charge in [0, 0.05) is 0 Å². The summed E-state index contributed by atoms with van der Waals surface area (Å²) in [6.07, 6.45) is 2.71. The molecule has 1 atom stereocenters. The van der Waals surface area contributed by atoms with Crippen LogP contribution in [0.5, 0.6) is 5.75 Å². The highest BCUT2D eigenvalue weighted by Gasteiger charge is 2.44. The molecule has 0 heterocycles. The minimum Gasteiger partial charge on any atom is -0.497 e. The zero-order chi connectivity index (χ0) is 14.6. The Bertz CT molecular complexity index is 487. The quantitative estimate of drug-likeness (QED) is 0.840. The summed E-state index contributed by atoms with van der Waals surface area (Å²) in [4.78, 5) is 12.5. The van der Waals surface area contributed by atoms with Gasteiger partial charge in [0.15, 0.2) is 0 Å². The first-order valence-electron chi connectivity index (χ1n) is 7.27. The van der Waals surface area contributed by atoms with Crippen LogP contribution in [0, 0.1) is 0 Å². The number of carbonyl (C=O) groups excluding carboxylic acids is 1. The Labute approximate surface area is 120 Å². The smallest absolute Gasteiger partial charge is 0.330 e. The molecular weight excluding hydrogens is 254 g/mol. The van der Waals surface area contributed by atoms with E-state index in [1.54, 1.807) is 7.11 Å². The standard InChI is InChI=1S/C16H23NO3/c1-4-17-16(15(18)20-5-2)10-6-7-12-11-13(19-3)8-9-14(12)16/h8-9,11,17H,4-7,10H2,1-3H3. The first kappa shape index (κ1) is 14.9. The number of nitrogens with one attached hydrogen (secondary N) is 1. The number of aryl methyl sites for hydroxylation is 1. The molecule has 4 nitrogen and oxygen atoms in total. The Balaban J connectivity index is 2.47. The second-order valence-corrected chi connectivity index (χ2v) is 5.03. The maximum atomic E-state index is 12.5. The number of esters is 1. The summed E-state index contributed by atoms with van der Waals surface area (Å²) in [6.45, 7) is 4.98. The van der Waals surface area contributed by atoms with Crippen LogP contribution in [0.15, 0.2) is 18.2 Å². The third-order valence-corrected chi connectivity index (χ3v) is 3.87. The largest absolute Gasteiger partial charge is 0.497 e. The number of carbonyl (C=O) groups is 1. The summed E-state index contributed by atoms with van der Waals surface area (Å²) in [5, 5.41) is 3.36. The predicted molar refractivity (Wildman–Crippen MR) is 77.9 cm³/mol. The number of hydrogen-bond acceptors (Lipinski definition) is 4. The van der Waals surface area contributed by atoms with Crippen molar-refractivity contribution in [3.05, 3.63) is 29.3 Å². The summed E-state index contributed by atoms with van der Waals surface area (Å²) in [7, 11) is 1.66. The van der Waals surface area contributed by atoms with Crippen molar-refractivity contribution in [2.24, 2.45) is 0 Å². The van der Waals surface area contributed by atoms with Crippen molar-refractivity contribution in [2.45, 2.75) is 38.6 Å². The number of benzene rings is 1. The third kappa shape index (κ3) is 2.52. The van der Waals surface area contributed by atoms with Gasteiger partial charge in [0.1, 0.15) is 11.3 Å². The van der Waals surface area contributed by atoms with E-state index in [-0.39, 0.29) is 5.97 Å². The van der Waals surface area contributed by atoms with Crippen molar-refractivity contribution in [3.63, 3.8) is 0 Å². The van der Waals surface area contributed by atoms with Gasteiger partial charge < -0.3 is 9.47 Å². The fraction of sp³-hybridized carbons (Fsp3) is 0.562. The maximum absolute atomic E-state index is 12.5. The van der Waals surface area contributed by atoms with E-state index in [0.717, 1.165) is 37.1 Å². The maximum Gasteiger partial charge on any atom is 0.330 e. The molecule has 0 spiro atoms. The Kier molecular flexibility index (Phi) is 4.65. The number of fused-ring (bicyclic) bond motifs is 1. The molecule has 0 aromatic heterocycles. The van der Waals surface area contributed by atoms with Crippen molar-refractivity contribution >= 4 is 5.97 Å². The van der Waals surface area contributed by atoms with Gasteiger partial charge in [-0.15, -0.1) is 0 Å². The average Bonchev–Trinajstić information content (AvgIpc) is 2.47. The molecule has 1 aliphatic rings. The van der Waals surface area contributed by atoms with Crippen LogP contribution in [0.25, 0.3) is 0 Å². The third-order valence-electron chi connectivity index (χ3n) is 3.87. The minimum absolute atomic E-state index is 0.173. The molecule has 0 amide bonds. The molecule has 1 N–H and O–H groups in total. The van der Waals surface area contributed by atoms with E-state index < -0.39 is 5.54 Å². The number of rotatable bonds is 5. The number of methoxy groups -OCH3 is 1. The number of hydrogen-bond donors (Lipinski definition) is 1. The summed E-state index contributed by atoms with van der Waals surface area (Å²) < 4.78 is 10.6. The molecule has 0 saturated heterocycles. The van der Waals surface area contributed by atoms with Crippen LogP contribution in [0.2, 0.25) is 0 Å². The highest BCUT2D eigenvalue weighted by atomic mass is 16.5. The van der Waals surface area contributed by atoms with Gasteiger partial charge in [-0.05, 0) is 56.0 Å². The van der Waals surface area contributed by atoms with E-state index in [0.29, 0.717) is 6.61 Å². The van der Waals surface area contributed by atoms with Gasteiger partial charge in [-0.1, -0.05) is 13.0 Å². The Morgan fingerprint density at radius 1 is 1.40 bits per heavy atom. The predicted octanol–water partition coefficient (Wildman–Crippen LogP) is 2.40. The van der Waals surface area contributed by atoms with Gasteiger partial charge in [0.25, 0.3) is 0 Å². The van der Waals surface area contributed by atoms with Gasteiger partial charge in [-0.2, -0.15) is 0 Å². The zero-order valence-electron chi connectivity index (χ0n) is 12.5. The fourth-order valence-corrected chi connectivity index (χ4v) is 3.02. The molecule has 4 heteroatoms. The summed E-state index contributed by atoms with van der Waals surface area (Å²) in [5.41, 5.74) is 1.50. The highest BCUT2D eigenvalue weighted by molar-refractivity contribution is 5.83. The lowest BCUT2D eigenvalue weighted by Crippen LogP contribution is -2.52. The minimum atomic E-state index is -0.704. The van der Waals surface area contributed by atoms with E-state index in [1.807, 2.05) is 32.0 Å². The Hall–Kier alpha value is -1.55. The number of ether oxygens (including phenoxy) is 2.